The molecule has 5 nitrogen and oxygen atoms in total. The maximum atomic E-state index is 11.4. The molecular weight excluding hydrogens is 304 g/mol. The zero-order chi connectivity index (χ0) is 17.7. The summed E-state index contributed by atoms with van der Waals surface area (Å²) in [5.41, 5.74) is 0.770. The van der Waals surface area contributed by atoms with Gasteiger partial charge < -0.3 is 20.1 Å². The van der Waals surface area contributed by atoms with Gasteiger partial charge in [0.2, 0.25) is 0 Å². The van der Waals surface area contributed by atoms with E-state index in [9.17, 15) is 4.79 Å². The van der Waals surface area contributed by atoms with E-state index in [1.807, 2.05) is 39.0 Å². The SMILES string of the molecule is CC(C)(C)OC(=O)NCCCCCNCCOCc1ccccc1. The van der Waals surface area contributed by atoms with E-state index >= 15 is 0 Å². The summed E-state index contributed by atoms with van der Waals surface area (Å²) in [7, 11) is 0. The summed E-state index contributed by atoms with van der Waals surface area (Å²) in [5.74, 6) is 0. The zero-order valence-electron chi connectivity index (χ0n) is 15.3. The maximum absolute atomic E-state index is 11.4. The lowest BCUT2D eigenvalue weighted by Crippen LogP contribution is -2.33. The van der Waals surface area contributed by atoms with Gasteiger partial charge in [0.15, 0.2) is 0 Å². The van der Waals surface area contributed by atoms with Gasteiger partial charge in [0.1, 0.15) is 5.60 Å². The first-order valence-corrected chi connectivity index (χ1v) is 8.76. The average molecular weight is 336 g/mol. The van der Waals surface area contributed by atoms with Gasteiger partial charge in [0.25, 0.3) is 0 Å². The van der Waals surface area contributed by atoms with E-state index in [-0.39, 0.29) is 6.09 Å². The van der Waals surface area contributed by atoms with Crippen LogP contribution in [0.4, 0.5) is 4.79 Å². The predicted molar refractivity (Wildman–Crippen MR) is 97.1 cm³/mol. The van der Waals surface area contributed by atoms with Gasteiger partial charge in [-0.15, -0.1) is 0 Å². The molecule has 1 rings (SSSR count). The van der Waals surface area contributed by atoms with E-state index in [0.29, 0.717) is 13.2 Å². The van der Waals surface area contributed by atoms with Gasteiger partial charge in [-0.2, -0.15) is 0 Å². The molecule has 24 heavy (non-hydrogen) atoms. The quantitative estimate of drug-likeness (QED) is 0.607. The Morgan fingerprint density at radius 3 is 2.42 bits per heavy atom. The third kappa shape index (κ3) is 11.9. The summed E-state index contributed by atoms with van der Waals surface area (Å²) in [4.78, 5) is 11.4. The minimum atomic E-state index is -0.434. The summed E-state index contributed by atoms with van der Waals surface area (Å²) in [5, 5.41) is 6.14. The fourth-order valence-corrected chi connectivity index (χ4v) is 2.09. The fraction of sp³-hybridized carbons (Fsp3) is 0.632. The number of hydrogen-bond acceptors (Lipinski definition) is 4. The number of alkyl carbamates (subject to hydrolysis) is 1. The number of amides is 1. The molecule has 0 radical (unpaired) electrons. The summed E-state index contributed by atoms with van der Waals surface area (Å²) in [6, 6.07) is 10.2. The molecule has 0 unspecified atom stereocenters. The molecule has 1 aromatic rings. The number of hydrogen-bond donors (Lipinski definition) is 2. The van der Waals surface area contributed by atoms with Crippen LogP contribution in [-0.4, -0.2) is 37.9 Å². The largest absolute Gasteiger partial charge is 0.444 e. The first-order chi connectivity index (χ1) is 11.5. The summed E-state index contributed by atoms with van der Waals surface area (Å²) < 4.78 is 10.8. The van der Waals surface area contributed by atoms with Gasteiger partial charge in [0.05, 0.1) is 13.2 Å². The van der Waals surface area contributed by atoms with Crippen molar-refractivity contribution in [3.63, 3.8) is 0 Å². The van der Waals surface area contributed by atoms with Crippen LogP contribution in [0.15, 0.2) is 30.3 Å². The van der Waals surface area contributed by atoms with Crippen molar-refractivity contribution < 1.29 is 14.3 Å². The molecule has 0 spiro atoms. The first kappa shape index (κ1) is 20.5. The van der Waals surface area contributed by atoms with Gasteiger partial charge in [0, 0.05) is 13.1 Å². The van der Waals surface area contributed by atoms with Crippen molar-refractivity contribution >= 4 is 6.09 Å². The monoisotopic (exact) mass is 336 g/mol. The molecule has 0 aliphatic carbocycles. The van der Waals surface area contributed by atoms with E-state index < -0.39 is 5.60 Å². The molecule has 136 valence electrons. The first-order valence-electron chi connectivity index (χ1n) is 8.76. The molecule has 5 heteroatoms. The van der Waals surface area contributed by atoms with Crippen LogP contribution in [0.25, 0.3) is 0 Å². The molecule has 0 saturated heterocycles. The molecular formula is C19H32N2O3. The topological polar surface area (TPSA) is 59.6 Å². The Labute approximate surface area is 146 Å². The number of rotatable bonds is 11. The number of nitrogens with one attached hydrogen (secondary N) is 2. The van der Waals surface area contributed by atoms with Crippen LogP contribution in [0.3, 0.4) is 0 Å². The molecule has 1 amide bonds. The second-order valence-electron chi connectivity index (χ2n) is 6.78. The van der Waals surface area contributed by atoms with Crippen LogP contribution in [0.2, 0.25) is 0 Å². The Bertz CT molecular complexity index is 444. The van der Waals surface area contributed by atoms with Crippen LogP contribution >= 0.6 is 0 Å². The molecule has 0 atom stereocenters. The summed E-state index contributed by atoms with van der Waals surface area (Å²) >= 11 is 0. The minimum Gasteiger partial charge on any atom is -0.444 e. The van der Waals surface area contributed by atoms with Crippen LogP contribution in [0.5, 0.6) is 0 Å². The van der Waals surface area contributed by atoms with Crippen molar-refractivity contribution in [3.05, 3.63) is 35.9 Å². The Kier molecular flexibility index (Phi) is 10.1. The maximum Gasteiger partial charge on any atom is 0.407 e. The Hall–Kier alpha value is -1.59. The van der Waals surface area contributed by atoms with Crippen molar-refractivity contribution in [2.24, 2.45) is 0 Å². The lowest BCUT2D eigenvalue weighted by molar-refractivity contribution is 0.0527. The zero-order valence-corrected chi connectivity index (χ0v) is 15.3. The van der Waals surface area contributed by atoms with Crippen LogP contribution in [0, 0.1) is 0 Å². The summed E-state index contributed by atoms with van der Waals surface area (Å²) in [6.45, 7) is 9.47. The molecule has 0 aliphatic heterocycles. The van der Waals surface area contributed by atoms with Gasteiger partial charge >= 0.3 is 6.09 Å². The highest BCUT2D eigenvalue weighted by atomic mass is 16.6. The molecule has 0 heterocycles. The van der Waals surface area contributed by atoms with Crippen molar-refractivity contribution in [1.82, 2.24) is 10.6 Å². The smallest absolute Gasteiger partial charge is 0.407 e. The number of ether oxygens (including phenoxy) is 2. The van der Waals surface area contributed by atoms with Crippen LogP contribution in [-0.2, 0) is 16.1 Å². The molecule has 0 fully saturated rings. The van der Waals surface area contributed by atoms with Crippen molar-refractivity contribution in [2.75, 3.05) is 26.2 Å². The number of unbranched alkanes of at least 4 members (excludes halogenated alkanes) is 2. The van der Waals surface area contributed by atoms with E-state index in [2.05, 4.69) is 22.8 Å². The third-order valence-corrected chi connectivity index (χ3v) is 3.23. The predicted octanol–water partition coefficient (Wildman–Crippen LogP) is 3.49. The standard InChI is InChI=1S/C19H32N2O3/c1-19(2,3)24-18(22)21-13-9-5-8-12-20-14-15-23-16-17-10-6-4-7-11-17/h4,6-7,10-11,20H,5,8-9,12-16H2,1-3H3,(H,21,22). The molecule has 0 saturated carbocycles. The van der Waals surface area contributed by atoms with Crippen molar-refractivity contribution in [2.45, 2.75) is 52.2 Å². The van der Waals surface area contributed by atoms with E-state index in [1.165, 1.54) is 5.56 Å². The van der Waals surface area contributed by atoms with Crippen molar-refractivity contribution in [3.8, 4) is 0 Å². The number of carbonyl (C=O) groups is 1. The molecule has 0 bridgehead atoms. The molecule has 0 aromatic heterocycles. The number of carbonyl (C=O) groups excluding carboxylic acids is 1. The highest BCUT2D eigenvalue weighted by molar-refractivity contribution is 5.67. The lowest BCUT2D eigenvalue weighted by atomic mass is 10.2. The van der Waals surface area contributed by atoms with Crippen LogP contribution in [0.1, 0.15) is 45.6 Å². The summed E-state index contributed by atoms with van der Waals surface area (Å²) in [6.07, 6.45) is 2.80. The van der Waals surface area contributed by atoms with E-state index in [1.54, 1.807) is 0 Å². The molecule has 1 aromatic carbocycles. The van der Waals surface area contributed by atoms with E-state index in [4.69, 9.17) is 9.47 Å². The Balaban J connectivity index is 1.83. The second kappa shape index (κ2) is 11.9. The normalized spacial score (nSPS) is 11.3. The highest BCUT2D eigenvalue weighted by Crippen LogP contribution is 2.06. The molecule has 0 aliphatic rings. The Morgan fingerprint density at radius 2 is 1.71 bits per heavy atom. The Morgan fingerprint density at radius 1 is 1.00 bits per heavy atom. The second-order valence-corrected chi connectivity index (χ2v) is 6.78. The van der Waals surface area contributed by atoms with Crippen molar-refractivity contribution in [1.29, 1.82) is 0 Å². The number of benzene rings is 1. The minimum absolute atomic E-state index is 0.337. The van der Waals surface area contributed by atoms with Gasteiger partial charge in [-0.1, -0.05) is 36.8 Å². The molecule has 2 N–H and O–H groups in total. The fourth-order valence-electron chi connectivity index (χ4n) is 2.09. The van der Waals surface area contributed by atoms with Gasteiger partial charge in [-0.25, -0.2) is 4.79 Å². The van der Waals surface area contributed by atoms with Gasteiger partial charge in [-0.3, -0.25) is 0 Å². The lowest BCUT2D eigenvalue weighted by Gasteiger charge is -2.19. The third-order valence-electron chi connectivity index (χ3n) is 3.23. The van der Waals surface area contributed by atoms with Gasteiger partial charge in [-0.05, 0) is 45.7 Å². The van der Waals surface area contributed by atoms with E-state index in [0.717, 1.165) is 39.0 Å². The highest BCUT2D eigenvalue weighted by Gasteiger charge is 2.15. The average Bonchev–Trinajstić information content (AvgIpc) is 2.52. The van der Waals surface area contributed by atoms with Crippen LogP contribution < -0.4 is 10.6 Å².